The van der Waals surface area contributed by atoms with Gasteiger partial charge in [-0.25, -0.2) is 0 Å². The number of rotatable bonds is 8. The quantitative estimate of drug-likeness (QED) is 0.748. The Labute approximate surface area is 132 Å². The normalized spacial score (nSPS) is 13.9. The minimum absolute atomic E-state index is 0.147. The Bertz CT molecular complexity index is 549. The number of benzene rings is 1. The number of carboxylic acid groups (broad SMARTS) is 1. The molecule has 4 heteroatoms. The molecule has 4 nitrogen and oxygen atoms in total. The first-order valence-electron chi connectivity index (χ1n) is 8.05. The first-order valence-corrected chi connectivity index (χ1v) is 8.05. The Morgan fingerprint density at radius 2 is 1.82 bits per heavy atom. The summed E-state index contributed by atoms with van der Waals surface area (Å²) in [5.74, 6) is -0.632. The summed E-state index contributed by atoms with van der Waals surface area (Å²) in [4.78, 5) is 24.9. The van der Waals surface area contributed by atoms with Crippen LogP contribution in [0, 0.1) is 13.8 Å². The molecular weight excluding hydrogens is 278 g/mol. The van der Waals surface area contributed by atoms with Gasteiger partial charge in [0.2, 0.25) is 5.91 Å². The summed E-state index contributed by atoms with van der Waals surface area (Å²) in [6, 6.07) is 6.74. The molecule has 0 heterocycles. The number of aryl methyl sites for hydroxylation is 2. The number of hydrogen-bond donors (Lipinski definition) is 1. The highest BCUT2D eigenvalue weighted by Crippen LogP contribution is 2.29. The second kappa shape index (κ2) is 7.43. The van der Waals surface area contributed by atoms with Crippen molar-refractivity contribution in [2.45, 2.75) is 65.0 Å². The Hall–Kier alpha value is -1.84. The van der Waals surface area contributed by atoms with Gasteiger partial charge in [-0.15, -0.1) is 0 Å². The Kier molecular flexibility index (Phi) is 5.58. The summed E-state index contributed by atoms with van der Waals surface area (Å²) in [6.07, 6.45) is 4.00. The minimum Gasteiger partial charge on any atom is -0.481 e. The molecule has 2 rings (SSSR count). The van der Waals surface area contributed by atoms with Crippen molar-refractivity contribution in [3.63, 3.8) is 0 Å². The first kappa shape index (κ1) is 16.5. The van der Waals surface area contributed by atoms with Crippen LogP contribution in [0.15, 0.2) is 18.2 Å². The molecule has 0 aromatic heterocycles. The molecule has 0 radical (unpaired) electrons. The zero-order chi connectivity index (χ0) is 16.1. The van der Waals surface area contributed by atoms with Crippen LogP contribution in [0.2, 0.25) is 0 Å². The van der Waals surface area contributed by atoms with E-state index in [1.807, 2.05) is 4.90 Å². The maximum atomic E-state index is 12.4. The van der Waals surface area contributed by atoms with Gasteiger partial charge < -0.3 is 10.0 Å². The zero-order valence-electron chi connectivity index (χ0n) is 13.5. The van der Waals surface area contributed by atoms with Gasteiger partial charge in [0.15, 0.2) is 0 Å². The molecule has 0 aliphatic heterocycles. The van der Waals surface area contributed by atoms with Gasteiger partial charge in [0.1, 0.15) is 0 Å². The summed E-state index contributed by atoms with van der Waals surface area (Å²) in [5, 5.41) is 8.63. The third-order valence-electron chi connectivity index (χ3n) is 4.26. The minimum atomic E-state index is -0.790. The summed E-state index contributed by atoms with van der Waals surface area (Å²) < 4.78 is 0. The van der Waals surface area contributed by atoms with Crippen molar-refractivity contribution < 1.29 is 14.7 Å². The summed E-state index contributed by atoms with van der Waals surface area (Å²) >= 11 is 0. The smallest absolute Gasteiger partial charge is 0.303 e. The van der Waals surface area contributed by atoms with Crippen LogP contribution in [-0.4, -0.2) is 27.9 Å². The van der Waals surface area contributed by atoms with Crippen molar-refractivity contribution in [3.8, 4) is 0 Å². The molecule has 0 spiro atoms. The van der Waals surface area contributed by atoms with E-state index in [0.29, 0.717) is 31.8 Å². The van der Waals surface area contributed by atoms with Crippen molar-refractivity contribution in [2.24, 2.45) is 0 Å². The average molecular weight is 303 g/mol. The lowest BCUT2D eigenvalue weighted by Crippen LogP contribution is -2.32. The number of nitrogens with zero attached hydrogens (tertiary/aromatic N) is 1. The van der Waals surface area contributed by atoms with Gasteiger partial charge in [-0.05, 0) is 56.2 Å². The molecule has 0 bridgehead atoms. The van der Waals surface area contributed by atoms with E-state index in [0.717, 1.165) is 12.8 Å². The third kappa shape index (κ3) is 4.86. The summed E-state index contributed by atoms with van der Waals surface area (Å²) in [7, 11) is 0. The van der Waals surface area contributed by atoms with E-state index in [9.17, 15) is 9.59 Å². The van der Waals surface area contributed by atoms with Crippen molar-refractivity contribution in [1.29, 1.82) is 0 Å². The van der Waals surface area contributed by atoms with Crippen LogP contribution in [-0.2, 0) is 16.1 Å². The lowest BCUT2D eigenvalue weighted by Gasteiger charge is -2.23. The van der Waals surface area contributed by atoms with Gasteiger partial charge in [0, 0.05) is 25.4 Å². The van der Waals surface area contributed by atoms with Crippen molar-refractivity contribution in [3.05, 3.63) is 34.9 Å². The molecular formula is C18H25NO3. The Balaban J connectivity index is 1.90. The topological polar surface area (TPSA) is 57.6 Å². The molecule has 22 heavy (non-hydrogen) atoms. The standard InChI is InChI=1S/C18H25NO3/c1-13-7-8-15(11-14(13)2)12-19(16-9-10-16)17(20)5-3-4-6-18(21)22/h7-8,11,16H,3-6,9-10,12H2,1-2H3,(H,21,22). The number of carboxylic acids is 1. The molecule has 1 saturated carbocycles. The molecule has 1 aliphatic carbocycles. The predicted octanol–water partition coefficient (Wildman–Crippen LogP) is 3.44. The molecule has 0 saturated heterocycles. The van der Waals surface area contributed by atoms with E-state index >= 15 is 0 Å². The van der Waals surface area contributed by atoms with Gasteiger partial charge in [-0.1, -0.05) is 18.2 Å². The Morgan fingerprint density at radius 1 is 1.14 bits per heavy atom. The molecule has 1 aromatic carbocycles. The lowest BCUT2D eigenvalue weighted by atomic mass is 10.1. The van der Waals surface area contributed by atoms with E-state index in [1.165, 1.54) is 16.7 Å². The van der Waals surface area contributed by atoms with Crippen LogP contribution >= 0.6 is 0 Å². The van der Waals surface area contributed by atoms with Gasteiger partial charge in [0.05, 0.1) is 0 Å². The highest BCUT2D eigenvalue weighted by molar-refractivity contribution is 5.77. The van der Waals surface area contributed by atoms with Gasteiger partial charge in [0.25, 0.3) is 0 Å². The molecule has 1 N–H and O–H groups in total. The lowest BCUT2D eigenvalue weighted by molar-refractivity contribution is -0.137. The highest BCUT2D eigenvalue weighted by atomic mass is 16.4. The SMILES string of the molecule is Cc1ccc(CN(C(=O)CCCCC(=O)O)C2CC2)cc1C. The molecule has 1 aromatic rings. The summed E-state index contributed by atoms with van der Waals surface area (Å²) in [5.41, 5.74) is 3.69. The van der Waals surface area contributed by atoms with Gasteiger partial charge >= 0.3 is 5.97 Å². The van der Waals surface area contributed by atoms with Crippen molar-refractivity contribution >= 4 is 11.9 Å². The van der Waals surface area contributed by atoms with E-state index in [1.54, 1.807) is 0 Å². The largest absolute Gasteiger partial charge is 0.481 e. The molecule has 1 aliphatic rings. The molecule has 1 fully saturated rings. The fourth-order valence-electron chi connectivity index (χ4n) is 2.60. The second-order valence-electron chi connectivity index (χ2n) is 6.27. The van der Waals surface area contributed by atoms with Crippen molar-refractivity contribution in [2.75, 3.05) is 0 Å². The zero-order valence-corrected chi connectivity index (χ0v) is 13.5. The van der Waals surface area contributed by atoms with E-state index in [-0.39, 0.29) is 12.3 Å². The summed E-state index contributed by atoms with van der Waals surface area (Å²) in [6.45, 7) is 4.85. The monoisotopic (exact) mass is 303 g/mol. The number of carbonyl (C=O) groups is 2. The van der Waals surface area contributed by atoms with Gasteiger partial charge in [-0.3, -0.25) is 9.59 Å². The van der Waals surface area contributed by atoms with Crippen LogP contribution in [0.25, 0.3) is 0 Å². The fraction of sp³-hybridized carbons (Fsp3) is 0.556. The number of carbonyl (C=O) groups excluding carboxylic acids is 1. The molecule has 120 valence electrons. The molecule has 0 unspecified atom stereocenters. The van der Waals surface area contributed by atoms with Crippen LogP contribution < -0.4 is 0 Å². The van der Waals surface area contributed by atoms with E-state index in [4.69, 9.17) is 5.11 Å². The van der Waals surface area contributed by atoms with Crippen LogP contribution in [0.1, 0.15) is 55.2 Å². The maximum absolute atomic E-state index is 12.4. The van der Waals surface area contributed by atoms with Gasteiger partial charge in [-0.2, -0.15) is 0 Å². The first-order chi connectivity index (χ1) is 10.5. The highest BCUT2D eigenvalue weighted by Gasteiger charge is 2.32. The predicted molar refractivity (Wildman–Crippen MR) is 85.6 cm³/mol. The van der Waals surface area contributed by atoms with Crippen LogP contribution in [0.4, 0.5) is 0 Å². The van der Waals surface area contributed by atoms with Crippen LogP contribution in [0.5, 0.6) is 0 Å². The Morgan fingerprint density at radius 3 is 2.41 bits per heavy atom. The average Bonchev–Trinajstić information content (AvgIpc) is 3.29. The maximum Gasteiger partial charge on any atom is 0.303 e. The molecule has 0 atom stereocenters. The van der Waals surface area contributed by atoms with E-state index < -0.39 is 5.97 Å². The molecule has 1 amide bonds. The number of amides is 1. The number of hydrogen-bond acceptors (Lipinski definition) is 2. The van der Waals surface area contributed by atoms with Crippen molar-refractivity contribution in [1.82, 2.24) is 4.90 Å². The third-order valence-corrected chi connectivity index (χ3v) is 4.26. The van der Waals surface area contributed by atoms with Crippen LogP contribution in [0.3, 0.4) is 0 Å². The van der Waals surface area contributed by atoms with E-state index in [2.05, 4.69) is 32.0 Å². The second-order valence-corrected chi connectivity index (χ2v) is 6.27. The number of unbranched alkanes of at least 4 members (excludes halogenated alkanes) is 1. The fourth-order valence-corrected chi connectivity index (χ4v) is 2.60. The number of aliphatic carboxylic acids is 1.